The van der Waals surface area contributed by atoms with Crippen molar-refractivity contribution >= 4 is 17.1 Å². The van der Waals surface area contributed by atoms with Crippen LogP contribution in [0.15, 0.2) is 36.4 Å². The first kappa shape index (κ1) is 13.1. The van der Waals surface area contributed by atoms with Gasteiger partial charge in [0, 0.05) is 18.8 Å². The molecular formula is C14H14F2N2O. The smallest absolute Gasteiger partial charge is 0.167 e. The lowest BCUT2D eigenvalue weighted by Crippen LogP contribution is -2.13. The Morgan fingerprint density at radius 2 is 1.84 bits per heavy atom. The highest BCUT2D eigenvalue weighted by Gasteiger charge is 2.14. The van der Waals surface area contributed by atoms with Gasteiger partial charge in [0.2, 0.25) is 0 Å². The molecule has 2 rings (SSSR count). The first-order valence-electron chi connectivity index (χ1n) is 5.66. The van der Waals surface area contributed by atoms with E-state index in [9.17, 15) is 8.78 Å². The van der Waals surface area contributed by atoms with Crippen LogP contribution < -0.4 is 15.4 Å². The number of benzene rings is 2. The molecule has 0 bridgehead atoms. The molecule has 0 aliphatic rings. The van der Waals surface area contributed by atoms with Crippen molar-refractivity contribution in [3.05, 3.63) is 48.0 Å². The molecule has 3 nitrogen and oxygen atoms in total. The molecule has 0 saturated heterocycles. The molecule has 2 aromatic rings. The van der Waals surface area contributed by atoms with E-state index in [1.807, 2.05) is 0 Å². The molecule has 5 heteroatoms. The van der Waals surface area contributed by atoms with E-state index in [0.717, 1.165) is 0 Å². The number of nitrogens with two attached hydrogens (primary N) is 1. The number of methoxy groups -OCH3 is 1. The maximum absolute atomic E-state index is 13.8. The quantitative estimate of drug-likeness (QED) is 0.864. The fourth-order valence-electron chi connectivity index (χ4n) is 1.88. The second kappa shape index (κ2) is 5.14. The van der Waals surface area contributed by atoms with Crippen LogP contribution in [-0.2, 0) is 0 Å². The van der Waals surface area contributed by atoms with Crippen LogP contribution in [0.5, 0.6) is 5.75 Å². The number of anilines is 3. The summed E-state index contributed by atoms with van der Waals surface area (Å²) in [5.41, 5.74) is 6.74. The third-order valence-electron chi connectivity index (χ3n) is 2.88. The Labute approximate surface area is 110 Å². The van der Waals surface area contributed by atoms with Gasteiger partial charge >= 0.3 is 0 Å². The summed E-state index contributed by atoms with van der Waals surface area (Å²) in [6.07, 6.45) is 0. The maximum atomic E-state index is 13.8. The minimum absolute atomic E-state index is 0.138. The summed E-state index contributed by atoms with van der Waals surface area (Å²) in [4.78, 5) is 1.49. The second-order valence-electron chi connectivity index (χ2n) is 4.06. The van der Waals surface area contributed by atoms with Gasteiger partial charge in [-0.1, -0.05) is 6.07 Å². The number of ether oxygens (including phenoxy) is 1. The summed E-state index contributed by atoms with van der Waals surface area (Å²) >= 11 is 0. The molecule has 0 atom stereocenters. The summed E-state index contributed by atoms with van der Waals surface area (Å²) in [5, 5.41) is 0. The molecule has 0 unspecified atom stereocenters. The lowest BCUT2D eigenvalue weighted by molar-refractivity contribution is 0.386. The largest absolute Gasteiger partial charge is 0.494 e. The summed E-state index contributed by atoms with van der Waals surface area (Å²) in [7, 11) is 3.01. The van der Waals surface area contributed by atoms with Crippen LogP contribution in [0.3, 0.4) is 0 Å². The van der Waals surface area contributed by atoms with Crippen molar-refractivity contribution in [3.8, 4) is 5.75 Å². The zero-order valence-electron chi connectivity index (χ0n) is 10.7. The molecule has 0 spiro atoms. The van der Waals surface area contributed by atoms with Crippen molar-refractivity contribution in [1.29, 1.82) is 0 Å². The topological polar surface area (TPSA) is 38.5 Å². The van der Waals surface area contributed by atoms with Gasteiger partial charge in [-0.2, -0.15) is 0 Å². The van der Waals surface area contributed by atoms with Gasteiger partial charge in [-0.3, -0.25) is 0 Å². The van der Waals surface area contributed by atoms with Gasteiger partial charge < -0.3 is 15.4 Å². The highest BCUT2D eigenvalue weighted by atomic mass is 19.1. The third-order valence-corrected chi connectivity index (χ3v) is 2.88. The first-order valence-corrected chi connectivity index (χ1v) is 5.66. The molecule has 19 heavy (non-hydrogen) atoms. The highest BCUT2D eigenvalue weighted by molar-refractivity contribution is 5.75. The minimum atomic E-state index is -0.512. The molecule has 0 heterocycles. The van der Waals surface area contributed by atoms with Gasteiger partial charge in [0.15, 0.2) is 11.6 Å². The predicted molar refractivity (Wildman–Crippen MR) is 71.8 cm³/mol. The molecule has 0 fully saturated rings. The molecule has 0 radical (unpaired) electrons. The van der Waals surface area contributed by atoms with Gasteiger partial charge in [0.05, 0.1) is 12.8 Å². The minimum Gasteiger partial charge on any atom is -0.494 e. The number of hydrogen-bond donors (Lipinski definition) is 1. The van der Waals surface area contributed by atoms with Crippen LogP contribution in [0.2, 0.25) is 0 Å². The van der Waals surface area contributed by atoms with Crippen molar-refractivity contribution in [2.75, 3.05) is 24.8 Å². The molecule has 0 saturated carbocycles. The van der Waals surface area contributed by atoms with Gasteiger partial charge in [0.25, 0.3) is 0 Å². The Morgan fingerprint density at radius 3 is 2.42 bits per heavy atom. The number of hydrogen-bond acceptors (Lipinski definition) is 3. The molecular weight excluding hydrogens is 250 g/mol. The molecule has 2 N–H and O–H groups in total. The summed E-state index contributed by atoms with van der Waals surface area (Å²) < 4.78 is 32.3. The molecule has 0 aromatic heterocycles. The number of halogens is 2. The fraction of sp³-hybridized carbons (Fsp3) is 0.143. The maximum Gasteiger partial charge on any atom is 0.167 e. The molecule has 0 amide bonds. The third kappa shape index (κ3) is 2.45. The van der Waals surface area contributed by atoms with E-state index >= 15 is 0 Å². The molecule has 100 valence electrons. The van der Waals surface area contributed by atoms with Crippen molar-refractivity contribution in [2.24, 2.45) is 0 Å². The second-order valence-corrected chi connectivity index (χ2v) is 4.06. The SMILES string of the molecule is COc1ccc(N(C)c2c(N)cccc2F)cc1F. The Balaban J connectivity index is 2.44. The zero-order valence-corrected chi connectivity index (χ0v) is 10.7. The van der Waals surface area contributed by atoms with E-state index in [0.29, 0.717) is 11.4 Å². The highest BCUT2D eigenvalue weighted by Crippen LogP contribution is 2.33. The van der Waals surface area contributed by atoms with Crippen molar-refractivity contribution in [2.45, 2.75) is 0 Å². The Bertz CT molecular complexity index is 582. The summed E-state index contributed by atoms with van der Waals surface area (Å²) in [6, 6.07) is 8.81. The van der Waals surface area contributed by atoms with E-state index in [-0.39, 0.29) is 11.4 Å². The molecule has 0 aliphatic carbocycles. The fourth-order valence-corrected chi connectivity index (χ4v) is 1.88. The van der Waals surface area contributed by atoms with Crippen LogP contribution in [0, 0.1) is 11.6 Å². The number of nitrogens with zero attached hydrogens (tertiary/aromatic N) is 1. The summed E-state index contributed by atoms with van der Waals surface area (Å²) in [6.45, 7) is 0. The van der Waals surface area contributed by atoms with Crippen molar-refractivity contribution in [1.82, 2.24) is 0 Å². The number of rotatable bonds is 3. The Hall–Kier alpha value is -2.30. The number of nitrogen functional groups attached to an aromatic ring is 1. The molecule has 2 aromatic carbocycles. The van der Waals surface area contributed by atoms with Crippen LogP contribution in [-0.4, -0.2) is 14.2 Å². The van der Waals surface area contributed by atoms with Gasteiger partial charge in [-0.05, 0) is 24.3 Å². The van der Waals surface area contributed by atoms with Crippen molar-refractivity contribution < 1.29 is 13.5 Å². The predicted octanol–water partition coefficient (Wildman–Crippen LogP) is 3.32. The number of para-hydroxylation sites is 1. The average Bonchev–Trinajstić information content (AvgIpc) is 2.38. The standard InChI is InChI=1S/C14H14F2N2O/c1-18(14-10(15)4-3-5-12(14)17)9-6-7-13(19-2)11(16)8-9/h3-8H,17H2,1-2H3. The van der Waals surface area contributed by atoms with Gasteiger partial charge in [-0.15, -0.1) is 0 Å². The van der Waals surface area contributed by atoms with E-state index < -0.39 is 11.6 Å². The van der Waals surface area contributed by atoms with Crippen LogP contribution in [0.4, 0.5) is 25.8 Å². The van der Waals surface area contributed by atoms with Crippen molar-refractivity contribution in [3.63, 3.8) is 0 Å². The summed E-state index contributed by atoms with van der Waals surface area (Å²) in [5.74, 6) is -0.834. The Kier molecular flexibility index (Phi) is 3.55. The molecule has 0 aliphatic heterocycles. The van der Waals surface area contributed by atoms with Crippen LogP contribution >= 0.6 is 0 Å². The van der Waals surface area contributed by atoms with E-state index in [1.54, 1.807) is 19.2 Å². The van der Waals surface area contributed by atoms with Crippen LogP contribution in [0.25, 0.3) is 0 Å². The zero-order chi connectivity index (χ0) is 14.0. The first-order chi connectivity index (χ1) is 9.04. The lowest BCUT2D eigenvalue weighted by atomic mass is 10.2. The van der Waals surface area contributed by atoms with Gasteiger partial charge in [0.1, 0.15) is 11.5 Å². The van der Waals surface area contributed by atoms with E-state index in [1.165, 1.54) is 36.3 Å². The Morgan fingerprint density at radius 1 is 1.11 bits per heavy atom. The lowest BCUT2D eigenvalue weighted by Gasteiger charge is -2.22. The van der Waals surface area contributed by atoms with E-state index in [2.05, 4.69) is 0 Å². The normalized spacial score (nSPS) is 10.3. The van der Waals surface area contributed by atoms with E-state index in [4.69, 9.17) is 10.5 Å². The van der Waals surface area contributed by atoms with Crippen LogP contribution in [0.1, 0.15) is 0 Å². The monoisotopic (exact) mass is 264 g/mol. The average molecular weight is 264 g/mol. The van der Waals surface area contributed by atoms with Gasteiger partial charge in [-0.25, -0.2) is 8.78 Å².